The van der Waals surface area contributed by atoms with E-state index in [4.69, 9.17) is 4.42 Å². The molecule has 1 N–H and O–H groups in total. The lowest BCUT2D eigenvalue weighted by molar-refractivity contribution is 0.0729. The van der Waals surface area contributed by atoms with Gasteiger partial charge in [0.05, 0.1) is 5.56 Å². The number of carbonyl (C=O) groups is 1. The third-order valence-electron chi connectivity index (χ3n) is 3.58. The maximum Gasteiger partial charge on any atom is 0.335 e. The van der Waals surface area contributed by atoms with Crippen molar-refractivity contribution < 1.29 is 9.21 Å². The molecule has 0 bridgehead atoms. The van der Waals surface area contributed by atoms with Gasteiger partial charge < -0.3 is 14.6 Å². The number of piperidine rings is 1. The van der Waals surface area contributed by atoms with Crippen LogP contribution >= 0.6 is 0 Å². The number of amides is 1. The molecular formula is C15H22N2O3. The van der Waals surface area contributed by atoms with Crippen LogP contribution in [0.3, 0.4) is 0 Å². The van der Waals surface area contributed by atoms with Crippen LogP contribution in [-0.2, 0) is 0 Å². The Balaban J connectivity index is 2.04. The van der Waals surface area contributed by atoms with Crippen LogP contribution in [-0.4, -0.2) is 36.5 Å². The van der Waals surface area contributed by atoms with Gasteiger partial charge in [0.1, 0.15) is 6.26 Å². The maximum absolute atomic E-state index is 12.5. The molecule has 1 aromatic rings. The van der Waals surface area contributed by atoms with Gasteiger partial charge in [-0.05, 0) is 31.9 Å². The maximum atomic E-state index is 12.5. The van der Waals surface area contributed by atoms with Crippen molar-refractivity contribution in [1.82, 2.24) is 10.2 Å². The molecule has 20 heavy (non-hydrogen) atoms. The highest BCUT2D eigenvalue weighted by Gasteiger charge is 2.21. The second-order valence-electron chi connectivity index (χ2n) is 5.24. The molecule has 1 aromatic heterocycles. The van der Waals surface area contributed by atoms with Gasteiger partial charge in [-0.25, -0.2) is 4.79 Å². The lowest BCUT2D eigenvalue weighted by atomic mass is 10.0. The van der Waals surface area contributed by atoms with E-state index in [0.29, 0.717) is 18.2 Å². The van der Waals surface area contributed by atoms with E-state index < -0.39 is 5.63 Å². The van der Waals surface area contributed by atoms with Crippen molar-refractivity contribution in [1.29, 1.82) is 0 Å². The van der Waals surface area contributed by atoms with Crippen LogP contribution in [0.25, 0.3) is 0 Å². The topological polar surface area (TPSA) is 62.6 Å². The molecule has 1 atom stereocenters. The molecule has 1 aliphatic heterocycles. The fourth-order valence-electron chi connectivity index (χ4n) is 2.55. The van der Waals surface area contributed by atoms with Gasteiger partial charge in [0.25, 0.3) is 5.91 Å². The zero-order valence-electron chi connectivity index (χ0n) is 11.9. The molecule has 0 aromatic carbocycles. The van der Waals surface area contributed by atoms with Gasteiger partial charge in [-0.3, -0.25) is 4.79 Å². The first kappa shape index (κ1) is 14.8. The molecule has 0 aliphatic carbocycles. The second kappa shape index (κ2) is 7.24. The van der Waals surface area contributed by atoms with Gasteiger partial charge in [0, 0.05) is 25.2 Å². The summed E-state index contributed by atoms with van der Waals surface area (Å²) in [6.45, 7) is 4.51. The summed E-state index contributed by atoms with van der Waals surface area (Å²) in [6, 6.07) is 3.19. The standard InChI is InChI=1S/C15H22N2O3/c1-2-9-17(10-13-5-3-4-8-16-13)15(19)12-6-7-14(18)20-11-12/h6-7,11,13,16H,2-5,8-10H2,1H3. The van der Waals surface area contributed by atoms with Crippen molar-refractivity contribution in [3.8, 4) is 0 Å². The van der Waals surface area contributed by atoms with E-state index in [1.165, 1.54) is 31.2 Å². The molecule has 1 amide bonds. The summed E-state index contributed by atoms with van der Waals surface area (Å²) in [4.78, 5) is 25.3. The first-order chi connectivity index (χ1) is 9.70. The summed E-state index contributed by atoms with van der Waals surface area (Å²) < 4.78 is 4.78. The molecule has 1 aliphatic rings. The normalized spacial score (nSPS) is 18.8. The number of hydrogen-bond acceptors (Lipinski definition) is 4. The van der Waals surface area contributed by atoms with Crippen molar-refractivity contribution >= 4 is 5.91 Å². The van der Waals surface area contributed by atoms with Crippen LogP contribution in [0.1, 0.15) is 43.0 Å². The van der Waals surface area contributed by atoms with E-state index in [2.05, 4.69) is 12.2 Å². The van der Waals surface area contributed by atoms with E-state index in [1.54, 1.807) is 0 Å². The first-order valence-corrected chi connectivity index (χ1v) is 7.32. The predicted octanol–water partition coefficient (Wildman–Crippen LogP) is 1.63. The number of rotatable bonds is 5. The number of nitrogens with zero attached hydrogens (tertiary/aromatic N) is 1. The monoisotopic (exact) mass is 278 g/mol. The number of carbonyl (C=O) groups excluding carboxylic acids is 1. The molecule has 2 rings (SSSR count). The third kappa shape index (κ3) is 3.93. The molecule has 5 heteroatoms. The first-order valence-electron chi connectivity index (χ1n) is 7.32. The lowest BCUT2D eigenvalue weighted by Crippen LogP contribution is -2.46. The van der Waals surface area contributed by atoms with E-state index in [1.807, 2.05) is 4.90 Å². The zero-order chi connectivity index (χ0) is 14.4. The number of nitrogens with one attached hydrogen (secondary N) is 1. The van der Waals surface area contributed by atoms with Crippen LogP contribution in [0.15, 0.2) is 27.6 Å². The average molecular weight is 278 g/mol. The summed E-state index contributed by atoms with van der Waals surface area (Å²) in [5.41, 5.74) is 0.00592. The van der Waals surface area contributed by atoms with Gasteiger partial charge >= 0.3 is 5.63 Å². The Morgan fingerprint density at radius 2 is 2.30 bits per heavy atom. The van der Waals surface area contributed by atoms with Crippen molar-refractivity contribution in [2.24, 2.45) is 0 Å². The minimum absolute atomic E-state index is 0.0667. The van der Waals surface area contributed by atoms with E-state index in [9.17, 15) is 9.59 Å². The highest BCUT2D eigenvalue weighted by atomic mass is 16.4. The van der Waals surface area contributed by atoms with E-state index in [-0.39, 0.29) is 5.91 Å². The molecule has 1 fully saturated rings. The SMILES string of the molecule is CCCN(CC1CCCCN1)C(=O)c1ccc(=O)oc1. The van der Waals surface area contributed by atoms with Crippen LogP contribution in [0, 0.1) is 0 Å². The van der Waals surface area contributed by atoms with Crippen LogP contribution < -0.4 is 10.9 Å². The van der Waals surface area contributed by atoms with Gasteiger partial charge in [-0.1, -0.05) is 13.3 Å². The Hall–Kier alpha value is -1.62. The van der Waals surface area contributed by atoms with Crippen molar-refractivity contribution in [3.63, 3.8) is 0 Å². The molecule has 0 radical (unpaired) electrons. The molecule has 1 unspecified atom stereocenters. The molecule has 5 nitrogen and oxygen atoms in total. The Bertz CT molecular complexity index is 472. The Kier molecular flexibility index (Phi) is 5.35. The minimum atomic E-state index is -0.433. The molecule has 0 saturated carbocycles. The summed E-state index contributed by atoms with van der Waals surface area (Å²) in [7, 11) is 0. The predicted molar refractivity (Wildman–Crippen MR) is 76.8 cm³/mol. The highest BCUT2D eigenvalue weighted by molar-refractivity contribution is 5.93. The zero-order valence-corrected chi connectivity index (χ0v) is 11.9. The van der Waals surface area contributed by atoms with Crippen molar-refractivity contribution in [3.05, 3.63) is 34.4 Å². The Labute approximate surface area is 119 Å². The fraction of sp³-hybridized carbons (Fsp3) is 0.600. The van der Waals surface area contributed by atoms with Gasteiger partial charge in [0.2, 0.25) is 0 Å². The summed E-state index contributed by atoms with van der Waals surface area (Å²) in [5.74, 6) is -0.0667. The Morgan fingerprint density at radius 3 is 2.90 bits per heavy atom. The van der Waals surface area contributed by atoms with Crippen molar-refractivity contribution in [2.45, 2.75) is 38.6 Å². The smallest absolute Gasteiger partial charge is 0.335 e. The largest absolute Gasteiger partial charge is 0.430 e. The van der Waals surface area contributed by atoms with Gasteiger partial charge in [0.15, 0.2) is 0 Å². The van der Waals surface area contributed by atoms with Crippen LogP contribution in [0.2, 0.25) is 0 Å². The minimum Gasteiger partial charge on any atom is -0.430 e. The second-order valence-corrected chi connectivity index (χ2v) is 5.24. The van der Waals surface area contributed by atoms with Crippen molar-refractivity contribution in [2.75, 3.05) is 19.6 Å². The van der Waals surface area contributed by atoms with E-state index in [0.717, 1.165) is 25.9 Å². The Morgan fingerprint density at radius 1 is 1.45 bits per heavy atom. The molecule has 1 saturated heterocycles. The average Bonchev–Trinajstić information content (AvgIpc) is 2.48. The van der Waals surface area contributed by atoms with Gasteiger partial charge in [-0.2, -0.15) is 0 Å². The quantitative estimate of drug-likeness (QED) is 0.889. The molecule has 0 spiro atoms. The molecule has 2 heterocycles. The molecular weight excluding hydrogens is 256 g/mol. The van der Waals surface area contributed by atoms with E-state index >= 15 is 0 Å². The highest BCUT2D eigenvalue weighted by Crippen LogP contribution is 2.11. The lowest BCUT2D eigenvalue weighted by Gasteiger charge is -2.30. The fourth-order valence-corrected chi connectivity index (χ4v) is 2.55. The summed E-state index contributed by atoms with van der Waals surface area (Å²) >= 11 is 0. The summed E-state index contributed by atoms with van der Waals surface area (Å²) in [6.07, 6.45) is 5.70. The molecule has 110 valence electrons. The number of hydrogen-bond donors (Lipinski definition) is 1. The van der Waals surface area contributed by atoms with Gasteiger partial charge in [-0.15, -0.1) is 0 Å². The summed E-state index contributed by atoms with van der Waals surface area (Å²) in [5, 5.41) is 3.46. The van der Waals surface area contributed by atoms with Crippen LogP contribution in [0.5, 0.6) is 0 Å². The third-order valence-corrected chi connectivity index (χ3v) is 3.58. The van der Waals surface area contributed by atoms with Crippen LogP contribution in [0.4, 0.5) is 0 Å².